The SMILES string of the molecule is C[C@@H]1C(=O)[C@H](C)[C@]2(CCCOC(=O)c3ccccc3)C=C[C@H]1O2. The molecule has 4 heteroatoms. The summed E-state index contributed by atoms with van der Waals surface area (Å²) >= 11 is 0. The van der Waals surface area contributed by atoms with Gasteiger partial charge in [-0.3, -0.25) is 4.79 Å². The molecule has 4 atom stereocenters. The van der Waals surface area contributed by atoms with Crippen molar-refractivity contribution >= 4 is 11.8 Å². The van der Waals surface area contributed by atoms with Crippen LogP contribution < -0.4 is 0 Å². The van der Waals surface area contributed by atoms with E-state index in [1.54, 1.807) is 12.1 Å². The minimum absolute atomic E-state index is 0.0761. The molecule has 23 heavy (non-hydrogen) atoms. The lowest BCUT2D eigenvalue weighted by Gasteiger charge is -2.40. The lowest BCUT2D eigenvalue weighted by Crippen LogP contribution is -2.50. The third-order valence-electron chi connectivity index (χ3n) is 4.98. The molecule has 2 heterocycles. The maximum absolute atomic E-state index is 12.3. The predicted octanol–water partition coefficient (Wildman–Crippen LogP) is 3.17. The van der Waals surface area contributed by atoms with E-state index >= 15 is 0 Å². The maximum Gasteiger partial charge on any atom is 0.338 e. The van der Waals surface area contributed by atoms with E-state index in [4.69, 9.17) is 9.47 Å². The molecule has 0 spiro atoms. The summed E-state index contributed by atoms with van der Waals surface area (Å²) in [5, 5.41) is 0. The highest BCUT2D eigenvalue weighted by atomic mass is 16.5. The van der Waals surface area contributed by atoms with Crippen molar-refractivity contribution in [3.63, 3.8) is 0 Å². The molecule has 122 valence electrons. The summed E-state index contributed by atoms with van der Waals surface area (Å²) in [5.41, 5.74) is 0.0331. The van der Waals surface area contributed by atoms with Gasteiger partial charge < -0.3 is 9.47 Å². The van der Waals surface area contributed by atoms with Gasteiger partial charge in [0.25, 0.3) is 0 Å². The van der Waals surface area contributed by atoms with E-state index in [0.29, 0.717) is 25.0 Å². The summed E-state index contributed by atoms with van der Waals surface area (Å²) in [7, 11) is 0. The second-order valence-electron chi connectivity index (χ2n) is 6.41. The van der Waals surface area contributed by atoms with Crippen LogP contribution in [0.5, 0.6) is 0 Å². The van der Waals surface area contributed by atoms with Crippen LogP contribution in [0.25, 0.3) is 0 Å². The Morgan fingerprint density at radius 3 is 2.74 bits per heavy atom. The van der Waals surface area contributed by atoms with Crippen LogP contribution >= 0.6 is 0 Å². The molecule has 0 saturated carbocycles. The average Bonchev–Trinajstić information content (AvgIpc) is 2.99. The first kappa shape index (κ1) is 15.9. The number of benzene rings is 1. The Morgan fingerprint density at radius 1 is 1.26 bits per heavy atom. The van der Waals surface area contributed by atoms with Gasteiger partial charge in [0, 0.05) is 11.8 Å². The highest BCUT2D eigenvalue weighted by molar-refractivity contribution is 5.89. The third kappa shape index (κ3) is 2.95. The van der Waals surface area contributed by atoms with Crippen molar-refractivity contribution in [2.24, 2.45) is 11.8 Å². The molecule has 1 fully saturated rings. The number of carbonyl (C=O) groups excluding carboxylic acids is 2. The fourth-order valence-corrected chi connectivity index (χ4v) is 3.43. The highest BCUT2D eigenvalue weighted by Crippen LogP contribution is 2.43. The third-order valence-corrected chi connectivity index (χ3v) is 4.98. The summed E-state index contributed by atoms with van der Waals surface area (Å²) in [6.45, 7) is 4.18. The van der Waals surface area contributed by atoms with Gasteiger partial charge in [-0.1, -0.05) is 44.2 Å². The summed E-state index contributed by atoms with van der Waals surface area (Å²) in [6.07, 6.45) is 5.28. The number of Topliss-reactive ketones (excluding diaryl/α,β-unsaturated/α-hetero) is 1. The van der Waals surface area contributed by atoms with Crippen molar-refractivity contribution in [3.05, 3.63) is 48.0 Å². The van der Waals surface area contributed by atoms with Gasteiger partial charge in [0.2, 0.25) is 0 Å². The van der Waals surface area contributed by atoms with Crippen molar-refractivity contribution in [2.45, 2.75) is 38.4 Å². The molecule has 1 saturated heterocycles. The van der Waals surface area contributed by atoms with E-state index in [-0.39, 0.29) is 29.7 Å². The van der Waals surface area contributed by atoms with E-state index in [0.717, 1.165) is 0 Å². The van der Waals surface area contributed by atoms with Gasteiger partial charge in [0.05, 0.1) is 23.9 Å². The first-order valence-electron chi connectivity index (χ1n) is 8.16. The fourth-order valence-electron chi connectivity index (χ4n) is 3.43. The van der Waals surface area contributed by atoms with Gasteiger partial charge in [-0.2, -0.15) is 0 Å². The average molecular weight is 314 g/mol. The molecule has 0 radical (unpaired) electrons. The van der Waals surface area contributed by atoms with Crippen LogP contribution in [0.15, 0.2) is 42.5 Å². The van der Waals surface area contributed by atoms with Gasteiger partial charge in [0.15, 0.2) is 0 Å². The van der Waals surface area contributed by atoms with Crippen molar-refractivity contribution < 1.29 is 19.1 Å². The van der Waals surface area contributed by atoms with E-state index in [2.05, 4.69) is 0 Å². The molecule has 2 aliphatic rings. The zero-order valence-electron chi connectivity index (χ0n) is 13.5. The van der Waals surface area contributed by atoms with Crippen LogP contribution in [0.4, 0.5) is 0 Å². The topological polar surface area (TPSA) is 52.6 Å². The number of ether oxygens (including phenoxy) is 2. The molecule has 0 unspecified atom stereocenters. The van der Waals surface area contributed by atoms with E-state index in [1.807, 2.05) is 44.2 Å². The molecule has 2 aliphatic heterocycles. The molecule has 0 N–H and O–H groups in total. The van der Waals surface area contributed by atoms with Crippen LogP contribution in [0.3, 0.4) is 0 Å². The van der Waals surface area contributed by atoms with Crippen LogP contribution in [-0.4, -0.2) is 30.1 Å². The maximum atomic E-state index is 12.3. The van der Waals surface area contributed by atoms with Crippen LogP contribution in [0.1, 0.15) is 37.0 Å². The largest absolute Gasteiger partial charge is 0.462 e. The summed E-state index contributed by atoms with van der Waals surface area (Å²) < 4.78 is 11.4. The smallest absolute Gasteiger partial charge is 0.338 e. The van der Waals surface area contributed by atoms with E-state index in [1.165, 1.54) is 0 Å². The van der Waals surface area contributed by atoms with Gasteiger partial charge in [-0.25, -0.2) is 4.79 Å². The zero-order chi connectivity index (χ0) is 16.4. The standard InChI is InChI=1S/C19H22O4/c1-13-16-9-11-19(23-16,14(2)17(13)20)10-6-12-22-18(21)15-7-4-3-5-8-15/h3-5,7-9,11,13-14,16H,6,10,12H2,1-2H3/t13-,14-,16+,19-/m0/s1. The summed E-state index contributed by atoms with van der Waals surface area (Å²) in [5.74, 6) is -0.289. The quantitative estimate of drug-likeness (QED) is 0.476. The first-order chi connectivity index (χ1) is 11.0. The van der Waals surface area contributed by atoms with Crippen LogP contribution in [0.2, 0.25) is 0 Å². The number of esters is 1. The molecule has 1 aromatic rings. The molecule has 3 rings (SSSR count). The number of fused-ring (bicyclic) bond motifs is 2. The van der Waals surface area contributed by atoms with E-state index < -0.39 is 5.60 Å². The molecule has 4 nitrogen and oxygen atoms in total. The van der Waals surface area contributed by atoms with Crippen LogP contribution in [-0.2, 0) is 14.3 Å². The Bertz CT molecular complexity index is 622. The predicted molar refractivity (Wildman–Crippen MR) is 86.0 cm³/mol. The Labute approximate surface area is 136 Å². The summed E-state index contributed by atoms with van der Waals surface area (Å²) in [6, 6.07) is 8.95. The fraction of sp³-hybridized carbons (Fsp3) is 0.474. The monoisotopic (exact) mass is 314 g/mol. The van der Waals surface area contributed by atoms with Crippen molar-refractivity contribution in [1.29, 1.82) is 0 Å². The second kappa shape index (κ2) is 6.28. The molecular formula is C19H22O4. The number of rotatable bonds is 5. The van der Waals surface area contributed by atoms with Gasteiger partial charge in [-0.05, 0) is 25.0 Å². The Kier molecular flexibility index (Phi) is 4.35. The molecule has 0 aliphatic carbocycles. The molecular weight excluding hydrogens is 292 g/mol. The second-order valence-corrected chi connectivity index (χ2v) is 6.41. The zero-order valence-corrected chi connectivity index (χ0v) is 13.5. The Morgan fingerprint density at radius 2 is 2.00 bits per heavy atom. The normalized spacial score (nSPS) is 32.1. The Balaban J connectivity index is 1.52. The van der Waals surface area contributed by atoms with Crippen molar-refractivity contribution in [1.82, 2.24) is 0 Å². The Hall–Kier alpha value is -1.94. The molecule has 0 amide bonds. The number of carbonyl (C=O) groups is 2. The number of ketones is 1. The van der Waals surface area contributed by atoms with Crippen molar-refractivity contribution in [2.75, 3.05) is 6.61 Å². The molecule has 1 aromatic carbocycles. The number of hydrogen-bond donors (Lipinski definition) is 0. The summed E-state index contributed by atoms with van der Waals surface area (Å²) in [4.78, 5) is 24.2. The number of hydrogen-bond acceptors (Lipinski definition) is 4. The lowest BCUT2D eigenvalue weighted by atomic mass is 9.77. The minimum Gasteiger partial charge on any atom is -0.462 e. The minimum atomic E-state index is -0.520. The van der Waals surface area contributed by atoms with Gasteiger partial charge >= 0.3 is 5.97 Å². The molecule has 2 bridgehead atoms. The molecule has 0 aromatic heterocycles. The van der Waals surface area contributed by atoms with E-state index in [9.17, 15) is 9.59 Å². The van der Waals surface area contributed by atoms with Crippen molar-refractivity contribution in [3.8, 4) is 0 Å². The van der Waals surface area contributed by atoms with Gasteiger partial charge in [0.1, 0.15) is 5.78 Å². The lowest BCUT2D eigenvalue weighted by molar-refractivity contribution is -0.160. The highest BCUT2D eigenvalue weighted by Gasteiger charge is 2.51. The van der Waals surface area contributed by atoms with Gasteiger partial charge in [-0.15, -0.1) is 0 Å². The first-order valence-corrected chi connectivity index (χ1v) is 8.16. The van der Waals surface area contributed by atoms with Crippen LogP contribution in [0, 0.1) is 11.8 Å².